The van der Waals surface area contributed by atoms with Crippen molar-refractivity contribution in [2.45, 2.75) is 0 Å². The van der Waals surface area contributed by atoms with Crippen molar-refractivity contribution >= 4 is 32.9 Å². The zero-order chi connectivity index (χ0) is 30.5. The molecule has 216 valence electrons. The zero-order valence-electron chi connectivity index (χ0n) is 24.6. The Morgan fingerprint density at radius 2 is 1.26 bits per heavy atom. The lowest BCUT2D eigenvalue weighted by molar-refractivity contribution is 0.620. The maximum Gasteiger partial charge on any atom is 0.227 e. The van der Waals surface area contributed by atoms with Gasteiger partial charge in [0.1, 0.15) is 5.52 Å². The van der Waals surface area contributed by atoms with Gasteiger partial charge in [0.25, 0.3) is 0 Å². The summed E-state index contributed by atoms with van der Waals surface area (Å²) in [5.41, 5.74) is 12.1. The Morgan fingerprint density at radius 1 is 0.500 bits per heavy atom. The molecule has 0 aliphatic heterocycles. The molecule has 0 aliphatic rings. The minimum absolute atomic E-state index is 0.592. The van der Waals surface area contributed by atoms with Crippen molar-refractivity contribution in [1.29, 1.82) is 0 Å². The average molecular weight is 592 g/mol. The highest BCUT2D eigenvalue weighted by atomic mass is 16.3. The van der Waals surface area contributed by atoms with Crippen LogP contribution >= 0.6 is 0 Å². The van der Waals surface area contributed by atoms with E-state index in [2.05, 4.69) is 86.2 Å². The monoisotopic (exact) mass is 591 g/mol. The van der Waals surface area contributed by atoms with Gasteiger partial charge >= 0.3 is 0 Å². The molecule has 9 aromatic rings. The van der Waals surface area contributed by atoms with Gasteiger partial charge in [-0.15, -0.1) is 0 Å². The summed E-state index contributed by atoms with van der Waals surface area (Å²) < 4.78 is 8.58. The number of para-hydroxylation sites is 2. The van der Waals surface area contributed by atoms with E-state index < -0.39 is 0 Å². The Balaban J connectivity index is 1.36. The van der Waals surface area contributed by atoms with E-state index in [0.717, 1.165) is 77.7 Å². The molecule has 0 radical (unpaired) electrons. The summed E-state index contributed by atoms with van der Waals surface area (Å²) in [4.78, 5) is 18.0. The SMILES string of the molecule is c1ccc(-c2ccc(-c3ccncc3)c(-n3c4ccc(-c5ccncc5)cc4c4ccc(-c5nc6ccccc6o5)cc43)c2)nc1. The van der Waals surface area contributed by atoms with E-state index in [0.29, 0.717) is 5.89 Å². The highest BCUT2D eigenvalue weighted by Crippen LogP contribution is 2.40. The second kappa shape index (κ2) is 10.6. The molecular weight excluding hydrogens is 566 g/mol. The van der Waals surface area contributed by atoms with Crippen LogP contribution < -0.4 is 0 Å². The van der Waals surface area contributed by atoms with Crippen LogP contribution in [0.4, 0.5) is 0 Å². The summed E-state index contributed by atoms with van der Waals surface area (Å²) >= 11 is 0. The molecule has 0 amide bonds. The van der Waals surface area contributed by atoms with Gasteiger partial charge in [-0.3, -0.25) is 15.0 Å². The van der Waals surface area contributed by atoms with Crippen LogP contribution in [-0.2, 0) is 0 Å². The fourth-order valence-electron chi connectivity index (χ4n) is 6.32. The molecule has 0 bridgehead atoms. The molecule has 5 heterocycles. The fraction of sp³-hybridized carbons (Fsp3) is 0. The summed E-state index contributed by atoms with van der Waals surface area (Å²) in [6, 6.07) is 41.8. The minimum Gasteiger partial charge on any atom is -0.436 e. The number of pyridine rings is 3. The number of hydrogen-bond donors (Lipinski definition) is 0. The van der Waals surface area contributed by atoms with Gasteiger partial charge in [0.05, 0.1) is 22.4 Å². The molecular formula is C40H25N5O. The van der Waals surface area contributed by atoms with Gasteiger partial charge in [0.15, 0.2) is 5.58 Å². The van der Waals surface area contributed by atoms with Gasteiger partial charge in [-0.25, -0.2) is 4.98 Å². The van der Waals surface area contributed by atoms with Gasteiger partial charge in [0.2, 0.25) is 5.89 Å². The Morgan fingerprint density at radius 3 is 2.07 bits per heavy atom. The predicted octanol–water partition coefficient (Wildman–Crippen LogP) is 9.78. The largest absolute Gasteiger partial charge is 0.436 e. The second-order valence-corrected chi connectivity index (χ2v) is 11.2. The van der Waals surface area contributed by atoms with Gasteiger partial charge in [0, 0.05) is 58.4 Å². The third kappa shape index (κ3) is 4.35. The van der Waals surface area contributed by atoms with Crippen molar-refractivity contribution in [2.24, 2.45) is 0 Å². The van der Waals surface area contributed by atoms with E-state index in [1.165, 1.54) is 0 Å². The first kappa shape index (κ1) is 26.0. The molecule has 0 N–H and O–H groups in total. The van der Waals surface area contributed by atoms with Crippen LogP contribution in [0, 0.1) is 0 Å². The number of rotatable bonds is 5. The third-order valence-corrected chi connectivity index (χ3v) is 8.51. The minimum atomic E-state index is 0.592. The van der Waals surface area contributed by atoms with Crippen LogP contribution in [0.3, 0.4) is 0 Å². The molecule has 0 spiro atoms. The molecule has 5 aromatic heterocycles. The smallest absolute Gasteiger partial charge is 0.227 e. The Labute approximate surface area is 264 Å². The van der Waals surface area contributed by atoms with Crippen molar-refractivity contribution < 1.29 is 4.42 Å². The second-order valence-electron chi connectivity index (χ2n) is 11.2. The highest BCUT2D eigenvalue weighted by molar-refractivity contribution is 6.12. The molecule has 0 saturated carbocycles. The molecule has 0 unspecified atom stereocenters. The Kier molecular flexibility index (Phi) is 6.03. The summed E-state index contributed by atoms with van der Waals surface area (Å²) in [6.07, 6.45) is 9.17. The van der Waals surface area contributed by atoms with Crippen LogP contribution in [0.1, 0.15) is 0 Å². The highest BCUT2D eigenvalue weighted by Gasteiger charge is 2.19. The van der Waals surface area contributed by atoms with Crippen LogP contribution in [0.2, 0.25) is 0 Å². The number of nitrogens with zero attached hydrogens (tertiary/aromatic N) is 5. The molecule has 9 rings (SSSR count). The molecule has 46 heavy (non-hydrogen) atoms. The van der Waals surface area contributed by atoms with Crippen molar-refractivity contribution in [2.75, 3.05) is 0 Å². The van der Waals surface area contributed by atoms with Gasteiger partial charge in [-0.2, -0.15) is 0 Å². The standard InChI is InChI=1S/C40H25N5O/c1-2-7-39-35(6-1)44-40(46-39)30-9-12-32-33-23-28(26-14-19-41-20-15-26)10-13-36(33)45(38(32)25-30)37-24-29(34-5-3-4-18-43-34)8-11-31(37)27-16-21-42-22-17-27/h1-25H. The molecule has 6 nitrogen and oxygen atoms in total. The molecule has 4 aromatic carbocycles. The fourth-order valence-corrected chi connectivity index (χ4v) is 6.32. The van der Waals surface area contributed by atoms with Crippen LogP contribution in [-0.4, -0.2) is 24.5 Å². The molecule has 0 saturated heterocycles. The molecule has 0 aliphatic carbocycles. The van der Waals surface area contributed by atoms with Crippen molar-refractivity contribution in [3.63, 3.8) is 0 Å². The van der Waals surface area contributed by atoms with Crippen LogP contribution in [0.25, 0.3) is 83.6 Å². The lowest BCUT2D eigenvalue weighted by Gasteiger charge is -2.16. The average Bonchev–Trinajstić information content (AvgIpc) is 3.71. The van der Waals surface area contributed by atoms with E-state index >= 15 is 0 Å². The number of benzene rings is 4. The summed E-state index contributed by atoms with van der Waals surface area (Å²) in [6.45, 7) is 0. The summed E-state index contributed by atoms with van der Waals surface area (Å²) in [7, 11) is 0. The maximum atomic E-state index is 6.23. The first-order valence-corrected chi connectivity index (χ1v) is 15.1. The number of aromatic nitrogens is 5. The Hall–Kier alpha value is -6.40. The van der Waals surface area contributed by atoms with E-state index in [4.69, 9.17) is 9.40 Å². The topological polar surface area (TPSA) is 69.6 Å². The molecule has 6 heteroatoms. The first-order chi connectivity index (χ1) is 22.8. The van der Waals surface area contributed by atoms with Gasteiger partial charge in [-0.05, 0) is 95.6 Å². The van der Waals surface area contributed by atoms with E-state index in [1.807, 2.05) is 85.6 Å². The van der Waals surface area contributed by atoms with E-state index in [-0.39, 0.29) is 0 Å². The van der Waals surface area contributed by atoms with Crippen molar-refractivity contribution in [1.82, 2.24) is 24.5 Å². The number of fused-ring (bicyclic) bond motifs is 4. The van der Waals surface area contributed by atoms with E-state index in [1.54, 1.807) is 0 Å². The maximum absolute atomic E-state index is 6.23. The number of hydrogen-bond acceptors (Lipinski definition) is 5. The molecule has 0 fully saturated rings. The first-order valence-electron chi connectivity index (χ1n) is 15.1. The lowest BCUT2D eigenvalue weighted by Crippen LogP contribution is -1.99. The summed E-state index contributed by atoms with van der Waals surface area (Å²) in [5, 5.41) is 2.28. The lowest BCUT2D eigenvalue weighted by atomic mass is 10.00. The quantitative estimate of drug-likeness (QED) is 0.199. The van der Waals surface area contributed by atoms with Crippen LogP contribution in [0.15, 0.2) is 157 Å². The molecule has 0 atom stereocenters. The number of oxazole rings is 1. The van der Waals surface area contributed by atoms with Crippen LogP contribution in [0.5, 0.6) is 0 Å². The van der Waals surface area contributed by atoms with E-state index in [9.17, 15) is 0 Å². The third-order valence-electron chi connectivity index (χ3n) is 8.51. The predicted molar refractivity (Wildman–Crippen MR) is 183 cm³/mol. The summed E-state index contributed by atoms with van der Waals surface area (Å²) in [5.74, 6) is 0.592. The van der Waals surface area contributed by atoms with Gasteiger partial charge < -0.3 is 8.98 Å². The van der Waals surface area contributed by atoms with Gasteiger partial charge in [-0.1, -0.05) is 42.5 Å². The van der Waals surface area contributed by atoms with Crippen molar-refractivity contribution in [3.8, 4) is 50.7 Å². The Bertz CT molecular complexity index is 2490. The zero-order valence-corrected chi connectivity index (χ0v) is 24.6. The normalized spacial score (nSPS) is 11.5. The van der Waals surface area contributed by atoms with Crippen molar-refractivity contribution in [3.05, 3.63) is 152 Å².